The van der Waals surface area contributed by atoms with Gasteiger partial charge in [0.2, 0.25) is 5.28 Å². The minimum Gasteiger partial charge on any atom is -0.569 e. The largest absolute Gasteiger partial charge is 0.569 e. The predicted octanol–water partition coefficient (Wildman–Crippen LogP) is 5.98. The molecule has 0 saturated heterocycles. The molecule has 14 nitrogen and oxygen atoms in total. The lowest BCUT2D eigenvalue weighted by atomic mass is 10.00. The van der Waals surface area contributed by atoms with Crippen LogP contribution < -0.4 is 4.72 Å². The summed E-state index contributed by atoms with van der Waals surface area (Å²) in [5.74, 6) is -1.23. The van der Waals surface area contributed by atoms with Gasteiger partial charge in [0.15, 0.2) is 5.69 Å². The van der Waals surface area contributed by atoms with E-state index in [1.165, 1.54) is 26.1 Å². The first-order chi connectivity index (χ1) is 22.8. The zero-order chi connectivity index (χ0) is 36.7. The van der Waals surface area contributed by atoms with Crippen LogP contribution in [0.2, 0.25) is 0 Å². The molecule has 1 unspecified atom stereocenters. The molecular formula is C31H39F3N6O8S. The van der Waals surface area contributed by atoms with Crippen molar-refractivity contribution in [3.8, 4) is 16.9 Å². The quantitative estimate of drug-likeness (QED) is 0.0690. The topological polar surface area (TPSA) is 167 Å². The molecule has 268 valence electrons. The Bertz CT molecular complexity index is 1730. The van der Waals surface area contributed by atoms with E-state index in [2.05, 4.69) is 10.4 Å². The number of likely N-dealkylation sites (N-methyl/N-ethyl adjacent to an activating group) is 1. The van der Waals surface area contributed by atoms with Crippen LogP contribution >= 0.6 is 0 Å². The Morgan fingerprint density at radius 1 is 1.08 bits per heavy atom. The van der Waals surface area contributed by atoms with Gasteiger partial charge >= 0.3 is 18.2 Å². The molecule has 1 heterocycles. The van der Waals surface area contributed by atoms with Crippen molar-refractivity contribution in [2.75, 3.05) is 13.7 Å². The average molecular weight is 713 g/mol. The van der Waals surface area contributed by atoms with Crippen molar-refractivity contribution in [3.63, 3.8) is 0 Å². The molecule has 18 heteroatoms. The van der Waals surface area contributed by atoms with Crippen molar-refractivity contribution in [1.82, 2.24) is 19.5 Å². The number of nitrogens with one attached hydrogen (secondary N) is 1. The number of hydrogen-bond acceptors (Lipinski definition) is 10. The lowest BCUT2D eigenvalue weighted by Crippen LogP contribution is -2.45. The fraction of sp³-hybridized carbons (Fsp3) is 0.452. The van der Waals surface area contributed by atoms with Crippen molar-refractivity contribution < 1.29 is 50.5 Å². The SMILES string of the molecule is CC[C@@H](C)[C@@H](COC(=O)NS(=O)(=O)c1ccc(-n2nc(C(F)(F)F)cc2-c2ccc(C)cc2)cc1)N(C)/[N+]([O-])=N/OC(C)OC(=O)C(C)C. The summed E-state index contributed by atoms with van der Waals surface area (Å²) in [6.07, 6.45) is -6.68. The van der Waals surface area contributed by atoms with Crippen LogP contribution in [0.3, 0.4) is 0 Å². The highest BCUT2D eigenvalue weighted by atomic mass is 32.2. The van der Waals surface area contributed by atoms with Gasteiger partial charge in [-0.3, -0.25) is 9.63 Å². The lowest BCUT2D eigenvalue weighted by molar-refractivity contribution is -0.716. The molecule has 1 aromatic heterocycles. The van der Waals surface area contributed by atoms with E-state index < -0.39 is 58.8 Å². The Kier molecular flexibility index (Phi) is 12.6. The summed E-state index contributed by atoms with van der Waals surface area (Å²) in [6, 6.07) is 11.6. The zero-order valence-corrected chi connectivity index (χ0v) is 28.8. The van der Waals surface area contributed by atoms with Crippen LogP contribution in [-0.2, 0) is 35.3 Å². The van der Waals surface area contributed by atoms with Gasteiger partial charge in [-0.2, -0.15) is 18.3 Å². The van der Waals surface area contributed by atoms with Gasteiger partial charge in [-0.15, -0.1) is 5.01 Å². The summed E-state index contributed by atoms with van der Waals surface area (Å²) in [7, 11) is -3.14. The minimum atomic E-state index is -4.72. The molecule has 49 heavy (non-hydrogen) atoms. The van der Waals surface area contributed by atoms with Crippen LogP contribution in [0.1, 0.15) is 52.3 Å². The van der Waals surface area contributed by atoms with Crippen LogP contribution in [0, 0.1) is 24.0 Å². The Morgan fingerprint density at radius 2 is 1.69 bits per heavy atom. The van der Waals surface area contributed by atoms with Crippen LogP contribution in [0.15, 0.2) is 64.8 Å². The normalized spacial score (nSPS) is 14.1. The van der Waals surface area contributed by atoms with E-state index in [0.29, 0.717) is 12.0 Å². The van der Waals surface area contributed by atoms with Gasteiger partial charge in [0.1, 0.15) is 12.6 Å². The Hall–Kier alpha value is -4.87. The summed E-state index contributed by atoms with van der Waals surface area (Å²) >= 11 is 0. The van der Waals surface area contributed by atoms with Gasteiger partial charge in [-0.05, 0) is 43.2 Å². The fourth-order valence-electron chi connectivity index (χ4n) is 4.30. The van der Waals surface area contributed by atoms with Gasteiger partial charge in [-0.1, -0.05) is 63.9 Å². The van der Waals surface area contributed by atoms with E-state index in [-0.39, 0.29) is 27.2 Å². The van der Waals surface area contributed by atoms with E-state index in [0.717, 1.165) is 33.5 Å². The number of esters is 1. The van der Waals surface area contributed by atoms with E-state index in [4.69, 9.17) is 14.3 Å². The number of aryl methyl sites for hydroxylation is 1. The molecule has 0 aliphatic carbocycles. The maximum atomic E-state index is 13.5. The molecule has 1 N–H and O–H groups in total. The summed E-state index contributed by atoms with van der Waals surface area (Å²) in [5.41, 5.74) is 0.494. The van der Waals surface area contributed by atoms with E-state index >= 15 is 0 Å². The third-order valence-electron chi connectivity index (χ3n) is 7.41. The lowest BCUT2D eigenvalue weighted by Gasteiger charge is -2.28. The number of nitrogens with zero attached hydrogens (tertiary/aromatic N) is 5. The molecule has 0 radical (unpaired) electrons. The second-order valence-electron chi connectivity index (χ2n) is 11.5. The number of alkyl halides is 3. The van der Waals surface area contributed by atoms with E-state index in [1.54, 1.807) is 49.8 Å². The molecule has 1 amide bonds. The number of ether oxygens (including phenoxy) is 2. The van der Waals surface area contributed by atoms with Gasteiger partial charge in [-0.25, -0.2) is 22.6 Å². The summed E-state index contributed by atoms with van der Waals surface area (Å²) in [4.78, 5) is 28.9. The van der Waals surface area contributed by atoms with Gasteiger partial charge in [0, 0.05) is 12.5 Å². The Morgan fingerprint density at radius 3 is 2.24 bits per heavy atom. The smallest absolute Gasteiger partial charge is 0.435 e. The molecule has 0 aliphatic heterocycles. The highest BCUT2D eigenvalue weighted by molar-refractivity contribution is 7.90. The maximum absolute atomic E-state index is 13.5. The average Bonchev–Trinajstić information content (AvgIpc) is 3.50. The number of sulfonamides is 1. The number of hydrogen-bond donors (Lipinski definition) is 1. The monoisotopic (exact) mass is 712 g/mol. The molecule has 0 saturated carbocycles. The molecule has 3 aromatic rings. The number of amides is 1. The third kappa shape index (κ3) is 10.3. The van der Waals surface area contributed by atoms with Gasteiger partial charge in [0.05, 0.1) is 34.2 Å². The first-order valence-corrected chi connectivity index (χ1v) is 16.6. The second kappa shape index (κ2) is 16.0. The van der Waals surface area contributed by atoms with Crippen molar-refractivity contribution in [3.05, 3.63) is 71.1 Å². The van der Waals surface area contributed by atoms with E-state index in [1.807, 2.05) is 13.8 Å². The van der Waals surface area contributed by atoms with Crippen LogP contribution in [-0.4, -0.2) is 66.2 Å². The Labute approximate surface area is 282 Å². The molecule has 3 atom stereocenters. The molecule has 3 rings (SSSR count). The molecule has 0 bridgehead atoms. The van der Waals surface area contributed by atoms with E-state index in [9.17, 15) is 36.4 Å². The number of aromatic nitrogens is 2. The third-order valence-corrected chi connectivity index (χ3v) is 8.74. The summed E-state index contributed by atoms with van der Waals surface area (Å²) < 4.78 is 79.6. The van der Waals surface area contributed by atoms with Gasteiger partial charge < -0.3 is 14.7 Å². The summed E-state index contributed by atoms with van der Waals surface area (Å²) in [6.45, 7) is 9.61. The van der Waals surface area contributed by atoms with Crippen LogP contribution in [0.25, 0.3) is 16.9 Å². The molecule has 0 fully saturated rings. The first-order valence-electron chi connectivity index (χ1n) is 15.2. The van der Waals surface area contributed by atoms with Crippen LogP contribution in [0.4, 0.5) is 18.0 Å². The van der Waals surface area contributed by atoms with Crippen molar-refractivity contribution in [2.45, 2.75) is 71.4 Å². The Balaban J connectivity index is 1.72. The minimum absolute atomic E-state index is 0.0810. The molecule has 0 aliphatic rings. The van der Waals surface area contributed by atoms with Crippen molar-refractivity contribution >= 4 is 22.1 Å². The maximum Gasteiger partial charge on any atom is 0.435 e. The molecule has 0 spiro atoms. The number of hydrazine groups is 1. The zero-order valence-electron chi connectivity index (χ0n) is 28.0. The van der Waals surface area contributed by atoms with Crippen molar-refractivity contribution in [1.29, 1.82) is 0 Å². The second-order valence-corrected chi connectivity index (χ2v) is 13.2. The summed E-state index contributed by atoms with van der Waals surface area (Å²) in [5, 5.41) is 20.7. The number of carbonyl (C=O) groups is 2. The highest BCUT2D eigenvalue weighted by Crippen LogP contribution is 2.33. The predicted molar refractivity (Wildman–Crippen MR) is 169 cm³/mol. The van der Waals surface area contributed by atoms with Gasteiger partial charge in [0.25, 0.3) is 16.3 Å². The number of benzene rings is 2. The number of carbonyl (C=O) groups excluding carboxylic acids is 2. The molecular weight excluding hydrogens is 673 g/mol. The number of halogens is 3. The molecule has 2 aromatic carbocycles. The highest BCUT2D eigenvalue weighted by Gasteiger charge is 2.35. The fourth-order valence-corrected chi connectivity index (χ4v) is 5.19. The van der Waals surface area contributed by atoms with Crippen LogP contribution in [0.5, 0.6) is 0 Å². The van der Waals surface area contributed by atoms with Crippen molar-refractivity contribution in [2.24, 2.45) is 17.1 Å². The first kappa shape index (κ1) is 38.6. The number of rotatable bonds is 14. The standard InChI is InChI=1S/C31H39F3N6O8S/c1-8-21(5)27(38(7)40(43)37-48-22(6)47-29(41)19(2)3)18-46-30(42)36-49(44,45)25-15-13-24(14-16-25)39-26(17-28(35-39)31(32,33)34)23-11-9-20(4)10-12-23/h9-17,19,21-22,27H,8,18H2,1-7H3,(H,36,42)/b40-37-/t21-,22?,27-/m1/s1.